The molecular weight excluding hydrogens is 163 g/mol. The summed E-state index contributed by atoms with van der Waals surface area (Å²) in [6.07, 6.45) is 9.46. The van der Waals surface area contributed by atoms with Crippen LogP contribution < -0.4 is 0 Å². The summed E-state index contributed by atoms with van der Waals surface area (Å²) in [5.74, 6) is 1.33. The Morgan fingerprint density at radius 1 is 1.31 bits per heavy atom. The molecular formula is C12H9F. The Morgan fingerprint density at radius 2 is 2.00 bits per heavy atom. The minimum absolute atomic E-state index is 0.563. The van der Waals surface area contributed by atoms with Crippen molar-refractivity contribution in [2.45, 2.75) is 0 Å². The van der Waals surface area contributed by atoms with E-state index >= 15 is 0 Å². The second-order valence-corrected chi connectivity index (χ2v) is 2.43. The molecule has 0 unspecified atom stereocenters. The summed E-state index contributed by atoms with van der Waals surface area (Å²) < 4.78 is 12.4. The number of hydrogen-bond acceptors (Lipinski definition) is 0. The third kappa shape index (κ3) is 3.39. The van der Waals surface area contributed by atoms with Gasteiger partial charge in [-0.2, -0.15) is 4.39 Å². The van der Waals surface area contributed by atoms with Gasteiger partial charge in [-0.15, -0.1) is 6.42 Å². The number of allylic oxidation sites excluding steroid dienone is 3. The summed E-state index contributed by atoms with van der Waals surface area (Å²) in [7, 11) is 0. The maximum atomic E-state index is 12.4. The highest BCUT2D eigenvalue weighted by molar-refractivity contribution is 5.51. The average molecular weight is 172 g/mol. The fraction of sp³-hybridized carbons (Fsp3) is 0. The van der Waals surface area contributed by atoms with Gasteiger partial charge in [0.2, 0.25) is 0 Å². The van der Waals surface area contributed by atoms with E-state index in [1.807, 2.05) is 36.3 Å². The zero-order valence-corrected chi connectivity index (χ0v) is 7.07. The number of rotatable bonds is 2. The molecule has 1 aromatic carbocycles. The van der Waals surface area contributed by atoms with Crippen LogP contribution in [-0.2, 0) is 0 Å². The van der Waals surface area contributed by atoms with Crippen LogP contribution in [0.3, 0.4) is 0 Å². The van der Waals surface area contributed by atoms with Gasteiger partial charge < -0.3 is 0 Å². The average Bonchev–Trinajstić information content (AvgIpc) is 2.19. The van der Waals surface area contributed by atoms with Crippen LogP contribution >= 0.6 is 0 Å². The van der Waals surface area contributed by atoms with Crippen molar-refractivity contribution in [1.82, 2.24) is 0 Å². The molecule has 0 saturated carbocycles. The zero-order valence-electron chi connectivity index (χ0n) is 7.07. The molecule has 0 N–H and O–H groups in total. The lowest BCUT2D eigenvalue weighted by Crippen LogP contribution is -1.67. The molecule has 0 atom stereocenters. The highest BCUT2D eigenvalue weighted by atomic mass is 19.1. The first-order valence-electron chi connectivity index (χ1n) is 3.88. The summed E-state index contributed by atoms with van der Waals surface area (Å²) in [4.78, 5) is 0. The van der Waals surface area contributed by atoms with Crippen molar-refractivity contribution in [1.29, 1.82) is 0 Å². The molecule has 0 fully saturated rings. The first-order chi connectivity index (χ1) is 6.33. The molecule has 0 heterocycles. The van der Waals surface area contributed by atoms with Gasteiger partial charge in [-0.1, -0.05) is 42.5 Å². The predicted octanol–water partition coefficient (Wildman–Crippen LogP) is 3.19. The van der Waals surface area contributed by atoms with Crippen LogP contribution in [0.2, 0.25) is 0 Å². The molecule has 0 aromatic heterocycles. The standard InChI is InChI=1S/C12H9F/c1-2-12(13)10-6-9-11-7-4-3-5-8-11/h1,3-10H/b9-6+,12-10+. The van der Waals surface area contributed by atoms with E-state index in [4.69, 9.17) is 6.42 Å². The van der Waals surface area contributed by atoms with Crippen LogP contribution in [-0.4, -0.2) is 0 Å². The molecule has 1 aromatic rings. The van der Waals surface area contributed by atoms with Crippen LogP contribution in [0.4, 0.5) is 4.39 Å². The van der Waals surface area contributed by atoms with Crippen molar-refractivity contribution >= 4 is 6.08 Å². The fourth-order valence-corrected chi connectivity index (χ4v) is 0.856. The van der Waals surface area contributed by atoms with Gasteiger partial charge in [-0.25, -0.2) is 0 Å². The third-order valence-electron chi connectivity index (χ3n) is 1.47. The molecule has 1 heteroatoms. The van der Waals surface area contributed by atoms with Crippen LogP contribution in [0.25, 0.3) is 6.08 Å². The summed E-state index contributed by atoms with van der Waals surface area (Å²) in [6.45, 7) is 0. The Labute approximate surface area is 77.4 Å². The summed E-state index contributed by atoms with van der Waals surface area (Å²) in [5.41, 5.74) is 1.02. The van der Waals surface area contributed by atoms with Crippen LogP contribution in [0.5, 0.6) is 0 Å². The van der Waals surface area contributed by atoms with E-state index in [9.17, 15) is 4.39 Å². The highest BCUT2D eigenvalue weighted by Gasteiger charge is 1.82. The van der Waals surface area contributed by atoms with Gasteiger partial charge in [-0.3, -0.25) is 0 Å². The SMILES string of the molecule is C#C/C(F)=C\C=C\c1ccccc1. The quantitative estimate of drug-likeness (QED) is 0.474. The van der Waals surface area contributed by atoms with Gasteiger partial charge in [0.15, 0.2) is 5.83 Å². The smallest absolute Gasteiger partial charge is 0.172 e. The van der Waals surface area contributed by atoms with Gasteiger partial charge in [0.05, 0.1) is 0 Å². The summed E-state index contributed by atoms with van der Waals surface area (Å²) in [6, 6.07) is 9.62. The molecule has 13 heavy (non-hydrogen) atoms. The number of benzene rings is 1. The first-order valence-corrected chi connectivity index (χ1v) is 3.88. The molecule has 0 aliphatic rings. The molecule has 0 saturated heterocycles. The van der Waals surface area contributed by atoms with E-state index in [1.54, 1.807) is 12.2 Å². The Bertz CT molecular complexity index is 352. The van der Waals surface area contributed by atoms with Crippen molar-refractivity contribution in [2.75, 3.05) is 0 Å². The van der Waals surface area contributed by atoms with E-state index in [1.165, 1.54) is 6.08 Å². The van der Waals surface area contributed by atoms with E-state index in [0.717, 1.165) is 5.56 Å². The van der Waals surface area contributed by atoms with E-state index in [0.29, 0.717) is 0 Å². The third-order valence-corrected chi connectivity index (χ3v) is 1.47. The Morgan fingerprint density at radius 3 is 2.62 bits per heavy atom. The largest absolute Gasteiger partial charge is 0.197 e. The Balaban J connectivity index is 2.66. The minimum atomic E-state index is -0.563. The Hall–Kier alpha value is -1.81. The molecule has 0 aliphatic carbocycles. The normalized spacial score (nSPS) is 11.5. The topological polar surface area (TPSA) is 0 Å². The summed E-state index contributed by atoms with van der Waals surface area (Å²) in [5, 5.41) is 0. The highest BCUT2D eigenvalue weighted by Crippen LogP contribution is 2.02. The molecule has 0 spiro atoms. The number of terminal acetylenes is 1. The molecule has 64 valence electrons. The molecule has 0 amide bonds. The van der Waals surface area contributed by atoms with Crippen molar-refractivity contribution in [3.63, 3.8) is 0 Å². The van der Waals surface area contributed by atoms with Gasteiger partial charge >= 0.3 is 0 Å². The molecule has 0 bridgehead atoms. The van der Waals surface area contributed by atoms with Gasteiger partial charge in [-0.05, 0) is 17.6 Å². The second kappa shape index (κ2) is 4.95. The van der Waals surface area contributed by atoms with Crippen LogP contribution in [0.15, 0.2) is 48.3 Å². The molecule has 0 aliphatic heterocycles. The first kappa shape index (κ1) is 9.28. The monoisotopic (exact) mass is 172 g/mol. The van der Waals surface area contributed by atoms with E-state index in [-0.39, 0.29) is 0 Å². The molecule has 0 nitrogen and oxygen atoms in total. The predicted molar refractivity (Wildman–Crippen MR) is 53.5 cm³/mol. The number of hydrogen-bond donors (Lipinski definition) is 0. The van der Waals surface area contributed by atoms with Crippen LogP contribution in [0, 0.1) is 12.3 Å². The van der Waals surface area contributed by atoms with E-state index < -0.39 is 5.83 Å². The lowest BCUT2D eigenvalue weighted by atomic mass is 10.2. The second-order valence-electron chi connectivity index (χ2n) is 2.43. The Kier molecular flexibility index (Phi) is 3.53. The maximum absolute atomic E-state index is 12.4. The van der Waals surface area contributed by atoms with Crippen molar-refractivity contribution in [3.8, 4) is 12.3 Å². The van der Waals surface area contributed by atoms with Crippen molar-refractivity contribution < 1.29 is 4.39 Å². The minimum Gasteiger partial charge on any atom is -0.197 e. The lowest BCUT2D eigenvalue weighted by Gasteiger charge is -1.88. The van der Waals surface area contributed by atoms with E-state index in [2.05, 4.69) is 0 Å². The fourth-order valence-electron chi connectivity index (χ4n) is 0.856. The van der Waals surface area contributed by atoms with Crippen molar-refractivity contribution in [3.05, 3.63) is 53.9 Å². The van der Waals surface area contributed by atoms with Gasteiger partial charge in [0.1, 0.15) is 0 Å². The maximum Gasteiger partial charge on any atom is 0.172 e. The van der Waals surface area contributed by atoms with Crippen LogP contribution in [0.1, 0.15) is 5.56 Å². The lowest BCUT2D eigenvalue weighted by molar-refractivity contribution is 0.676. The number of halogens is 1. The van der Waals surface area contributed by atoms with Gasteiger partial charge in [0, 0.05) is 0 Å². The zero-order chi connectivity index (χ0) is 9.52. The van der Waals surface area contributed by atoms with Gasteiger partial charge in [0.25, 0.3) is 0 Å². The van der Waals surface area contributed by atoms with Crippen molar-refractivity contribution in [2.24, 2.45) is 0 Å². The molecule has 1 rings (SSSR count). The molecule has 0 radical (unpaired) electrons. The summed E-state index contributed by atoms with van der Waals surface area (Å²) >= 11 is 0.